The van der Waals surface area contributed by atoms with Crippen molar-refractivity contribution < 1.29 is 33.5 Å². The van der Waals surface area contributed by atoms with Gasteiger partial charge in [-0.25, -0.2) is 9.36 Å². The Bertz CT molecular complexity index is 163. The van der Waals surface area contributed by atoms with Crippen molar-refractivity contribution >= 4 is 32.8 Å². The van der Waals surface area contributed by atoms with E-state index in [1.165, 1.54) is 0 Å². The first-order chi connectivity index (χ1) is 5.81. The summed E-state index contributed by atoms with van der Waals surface area (Å²) in [7, 11) is -4.64. The molecule has 0 spiro atoms. The molecule has 82 valence electrons. The Kier molecular flexibility index (Phi) is 15.4. The third-order valence-corrected chi connectivity index (χ3v) is 0.524. The predicted octanol–water partition coefficient (Wildman–Crippen LogP) is -0.398. The molecule has 3 N–H and O–H groups in total. The zero-order valence-electron chi connectivity index (χ0n) is 7.34. The molecule has 14 heavy (non-hydrogen) atoms. The Hall–Kier alpha value is -0.0226. The second-order valence-corrected chi connectivity index (χ2v) is 2.66. The van der Waals surface area contributed by atoms with Crippen molar-refractivity contribution in [1.82, 2.24) is 0 Å². The third kappa shape index (κ3) is 40.4. The van der Waals surface area contributed by atoms with Crippen LogP contribution in [0.2, 0.25) is 0 Å². The third-order valence-electron chi connectivity index (χ3n) is 0.524. The van der Waals surface area contributed by atoms with Crippen molar-refractivity contribution in [2.24, 2.45) is 0 Å². The van der Waals surface area contributed by atoms with Crippen LogP contribution in [0.25, 0.3) is 0 Å². The molecule has 9 heteroatoms. The van der Waals surface area contributed by atoms with E-state index in [9.17, 15) is 4.79 Å². The van der Waals surface area contributed by atoms with Crippen molar-refractivity contribution in [2.45, 2.75) is 13.8 Å². The maximum absolute atomic E-state index is 10.2. The number of ether oxygens (including phenoxy) is 2. The molecular formula is C5H14LiO7P. The van der Waals surface area contributed by atoms with Gasteiger partial charge in [0.1, 0.15) is 0 Å². The zero-order chi connectivity index (χ0) is 10.9. The van der Waals surface area contributed by atoms with Gasteiger partial charge in [0.2, 0.25) is 0 Å². The fourth-order valence-corrected chi connectivity index (χ4v) is 0.277. The average Bonchev–Trinajstić information content (AvgIpc) is 1.84. The first-order valence-electron chi connectivity index (χ1n) is 3.39. The van der Waals surface area contributed by atoms with E-state index in [4.69, 9.17) is 19.2 Å². The molecule has 0 heterocycles. The first kappa shape index (κ1) is 19.5. The summed E-state index contributed by atoms with van der Waals surface area (Å²) in [6.07, 6.45) is -0.588. The molecule has 0 radical (unpaired) electrons. The molecule has 0 saturated heterocycles. The van der Waals surface area contributed by atoms with E-state index in [2.05, 4.69) is 9.47 Å². The first-order valence-corrected chi connectivity index (χ1v) is 4.95. The van der Waals surface area contributed by atoms with Gasteiger partial charge in [0.05, 0.1) is 13.2 Å². The SMILES string of the molecule is CCOC(=O)OCC.O=P(O)(O)O.[LiH]. The molecular weight excluding hydrogens is 210 g/mol. The summed E-state index contributed by atoms with van der Waals surface area (Å²) in [6, 6.07) is 0. The van der Waals surface area contributed by atoms with Gasteiger partial charge in [-0.3, -0.25) is 0 Å². The molecule has 0 atom stereocenters. The molecule has 0 bridgehead atoms. The molecule has 0 aliphatic heterocycles. The van der Waals surface area contributed by atoms with Crippen molar-refractivity contribution in [3.8, 4) is 0 Å². The van der Waals surface area contributed by atoms with E-state index in [0.717, 1.165) is 0 Å². The monoisotopic (exact) mass is 224 g/mol. The van der Waals surface area contributed by atoms with E-state index in [0.29, 0.717) is 13.2 Å². The molecule has 0 aliphatic carbocycles. The van der Waals surface area contributed by atoms with Crippen molar-refractivity contribution in [3.63, 3.8) is 0 Å². The summed E-state index contributed by atoms with van der Waals surface area (Å²) in [5, 5.41) is 0. The van der Waals surface area contributed by atoms with Gasteiger partial charge in [0.15, 0.2) is 0 Å². The summed E-state index contributed by atoms with van der Waals surface area (Å²) in [4.78, 5) is 31.8. The molecule has 0 aromatic heterocycles. The second kappa shape index (κ2) is 11.1. The number of carbonyl (C=O) groups is 1. The van der Waals surface area contributed by atoms with Gasteiger partial charge in [-0.2, -0.15) is 0 Å². The van der Waals surface area contributed by atoms with Crippen LogP contribution >= 0.6 is 7.82 Å². The Morgan fingerprint density at radius 1 is 1.14 bits per heavy atom. The van der Waals surface area contributed by atoms with Crippen LogP contribution in [0.4, 0.5) is 4.79 Å². The van der Waals surface area contributed by atoms with Crippen molar-refractivity contribution in [1.29, 1.82) is 0 Å². The van der Waals surface area contributed by atoms with Crippen LogP contribution in [0.15, 0.2) is 0 Å². The standard InChI is InChI=1S/C5H10O3.Li.H3O4P.H/c1-3-7-5(6)8-4-2;;1-5(2,3)4;/h3-4H2,1-2H3;;(H3,1,2,3,4);. The van der Waals surface area contributed by atoms with Crippen LogP contribution < -0.4 is 0 Å². The fourth-order valence-electron chi connectivity index (χ4n) is 0.277. The van der Waals surface area contributed by atoms with E-state index < -0.39 is 14.0 Å². The average molecular weight is 224 g/mol. The molecule has 0 fully saturated rings. The molecule has 0 aromatic rings. The zero-order valence-corrected chi connectivity index (χ0v) is 8.23. The topological polar surface area (TPSA) is 113 Å². The normalized spacial score (nSPS) is 8.93. The van der Waals surface area contributed by atoms with Crippen LogP contribution in [0.5, 0.6) is 0 Å². The van der Waals surface area contributed by atoms with Crippen LogP contribution in [-0.4, -0.2) is 52.9 Å². The number of phosphoric acid groups is 1. The van der Waals surface area contributed by atoms with Gasteiger partial charge in [-0.15, -0.1) is 0 Å². The van der Waals surface area contributed by atoms with Gasteiger partial charge in [-0.05, 0) is 13.8 Å². The molecule has 0 amide bonds. The second-order valence-electron chi connectivity index (χ2n) is 1.63. The van der Waals surface area contributed by atoms with Gasteiger partial charge in [0, 0.05) is 0 Å². The van der Waals surface area contributed by atoms with Crippen LogP contribution in [0, 0.1) is 0 Å². The van der Waals surface area contributed by atoms with Gasteiger partial charge in [-0.1, -0.05) is 0 Å². The quantitative estimate of drug-likeness (QED) is 0.332. The molecule has 0 aliphatic rings. The molecule has 7 nitrogen and oxygen atoms in total. The summed E-state index contributed by atoms with van der Waals surface area (Å²) in [5.41, 5.74) is 0. The Morgan fingerprint density at radius 3 is 1.50 bits per heavy atom. The molecule has 0 saturated carbocycles. The Balaban J connectivity index is -0.000000177. The number of carbonyl (C=O) groups excluding carboxylic acids is 1. The minimum absolute atomic E-state index is 0. The van der Waals surface area contributed by atoms with E-state index >= 15 is 0 Å². The van der Waals surface area contributed by atoms with Crippen LogP contribution in [-0.2, 0) is 14.0 Å². The number of hydrogen-bond acceptors (Lipinski definition) is 4. The molecule has 0 unspecified atom stereocenters. The number of hydrogen-bond donors (Lipinski definition) is 3. The van der Waals surface area contributed by atoms with Gasteiger partial charge >= 0.3 is 32.8 Å². The van der Waals surface area contributed by atoms with Crippen molar-refractivity contribution in [3.05, 3.63) is 0 Å². The Labute approximate surface area is 93.8 Å². The van der Waals surface area contributed by atoms with Gasteiger partial charge in [0.25, 0.3) is 0 Å². The number of rotatable bonds is 2. The van der Waals surface area contributed by atoms with E-state index in [1.54, 1.807) is 13.8 Å². The van der Waals surface area contributed by atoms with Crippen LogP contribution in [0.3, 0.4) is 0 Å². The summed E-state index contributed by atoms with van der Waals surface area (Å²) < 4.78 is 17.7. The van der Waals surface area contributed by atoms with E-state index in [1.807, 2.05) is 0 Å². The van der Waals surface area contributed by atoms with Crippen LogP contribution in [0.1, 0.15) is 13.8 Å². The molecule has 0 aromatic carbocycles. The van der Waals surface area contributed by atoms with Crippen molar-refractivity contribution in [2.75, 3.05) is 13.2 Å². The van der Waals surface area contributed by atoms with E-state index in [-0.39, 0.29) is 18.9 Å². The predicted molar refractivity (Wildman–Crippen MR) is 50.1 cm³/mol. The summed E-state index contributed by atoms with van der Waals surface area (Å²) in [5.74, 6) is 0. The maximum atomic E-state index is 10.2. The fraction of sp³-hybridized carbons (Fsp3) is 0.800. The minimum atomic E-state index is -4.64. The van der Waals surface area contributed by atoms with Gasteiger partial charge < -0.3 is 24.2 Å². The summed E-state index contributed by atoms with van der Waals surface area (Å²) >= 11 is 0. The Morgan fingerprint density at radius 2 is 1.36 bits per heavy atom. The molecule has 0 rings (SSSR count). The summed E-state index contributed by atoms with van der Waals surface area (Å²) in [6.45, 7) is 4.21.